The normalized spacial score (nSPS) is 11.5. The van der Waals surface area contributed by atoms with E-state index >= 15 is 0 Å². The lowest BCUT2D eigenvalue weighted by Crippen LogP contribution is -2.43. The molecule has 210 valence electrons. The first kappa shape index (κ1) is 30.5. The zero-order valence-corrected chi connectivity index (χ0v) is 24.0. The maximum Gasteiger partial charge on any atom is 0.262 e. The molecule has 3 aromatic carbocycles. The molecule has 1 atom stereocenters. The third-order valence-corrected chi connectivity index (χ3v) is 6.27. The van der Waals surface area contributed by atoms with E-state index in [1.54, 1.807) is 62.6 Å². The summed E-state index contributed by atoms with van der Waals surface area (Å²) in [6, 6.07) is 14.6. The number of methoxy groups -OCH3 is 1. The molecule has 2 N–H and O–H groups in total. The molecule has 8 nitrogen and oxygen atoms in total. The Morgan fingerprint density at radius 3 is 2.45 bits per heavy atom. The monoisotopic (exact) mass is 583 g/mol. The number of amides is 2. The van der Waals surface area contributed by atoms with Crippen LogP contribution in [0.25, 0.3) is 0 Å². The standard InChI is InChI=1S/C30H31Cl2N3O5/c1-5-7-22-14-20(15-27(39-6-2)28(22)40-18-23-8-11-24(31)16-26(23)32)17-33-35-29(36)19(3)34-30(37)21-9-12-25(38-4)13-10-21/h5,8-17,19H,1,6-7,18H2,2-4H3,(H,34,37)(H,35,36). The van der Waals surface area contributed by atoms with E-state index in [0.29, 0.717) is 51.4 Å². The molecular formula is C30H31Cl2N3O5. The zero-order valence-electron chi connectivity index (χ0n) is 22.5. The summed E-state index contributed by atoms with van der Waals surface area (Å²) in [5.74, 6) is 0.837. The van der Waals surface area contributed by atoms with Gasteiger partial charge in [-0.15, -0.1) is 6.58 Å². The van der Waals surface area contributed by atoms with Gasteiger partial charge in [0.15, 0.2) is 11.5 Å². The lowest BCUT2D eigenvalue weighted by Gasteiger charge is -2.17. The summed E-state index contributed by atoms with van der Waals surface area (Å²) in [5, 5.41) is 7.76. The van der Waals surface area contributed by atoms with Crippen LogP contribution in [-0.2, 0) is 17.8 Å². The van der Waals surface area contributed by atoms with Crippen LogP contribution >= 0.6 is 23.2 Å². The summed E-state index contributed by atoms with van der Waals surface area (Å²) in [4.78, 5) is 25.0. The van der Waals surface area contributed by atoms with Crippen LogP contribution in [0.3, 0.4) is 0 Å². The minimum Gasteiger partial charge on any atom is -0.497 e. The number of carbonyl (C=O) groups is 2. The maximum absolute atomic E-state index is 12.5. The van der Waals surface area contributed by atoms with E-state index in [9.17, 15) is 9.59 Å². The largest absolute Gasteiger partial charge is 0.497 e. The van der Waals surface area contributed by atoms with Crippen molar-refractivity contribution < 1.29 is 23.8 Å². The quantitative estimate of drug-likeness (QED) is 0.146. The van der Waals surface area contributed by atoms with Crippen molar-refractivity contribution in [2.45, 2.75) is 32.9 Å². The Hall–Kier alpha value is -4.01. The number of nitrogens with zero attached hydrogens (tertiary/aromatic N) is 1. The van der Waals surface area contributed by atoms with Crippen molar-refractivity contribution >= 4 is 41.2 Å². The van der Waals surface area contributed by atoms with Crippen molar-refractivity contribution in [2.24, 2.45) is 5.10 Å². The van der Waals surface area contributed by atoms with Gasteiger partial charge in [0.1, 0.15) is 18.4 Å². The fourth-order valence-electron chi connectivity index (χ4n) is 3.64. The number of benzene rings is 3. The molecule has 0 spiro atoms. The van der Waals surface area contributed by atoms with Crippen LogP contribution in [0.2, 0.25) is 10.0 Å². The van der Waals surface area contributed by atoms with E-state index in [-0.39, 0.29) is 12.5 Å². The van der Waals surface area contributed by atoms with Gasteiger partial charge < -0.3 is 19.5 Å². The van der Waals surface area contributed by atoms with Crippen LogP contribution in [0.4, 0.5) is 0 Å². The Balaban J connectivity index is 1.70. The Morgan fingerprint density at radius 1 is 1.05 bits per heavy atom. The van der Waals surface area contributed by atoms with Gasteiger partial charge in [0.05, 0.1) is 19.9 Å². The van der Waals surface area contributed by atoms with Gasteiger partial charge in [-0.25, -0.2) is 5.43 Å². The average Bonchev–Trinajstić information content (AvgIpc) is 2.93. The highest BCUT2D eigenvalue weighted by Crippen LogP contribution is 2.35. The smallest absolute Gasteiger partial charge is 0.262 e. The van der Waals surface area contributed by atoms with Gasteiger partial charge >= 0.3 is 0 Å². The van der Waals surface area contributed by atoms with Crippen LogP contribution in [0, 0.1) is 0 Å². The Morgan fingerprint density at radius 2 is 1.80 bits per heavy atom. The summed E-state index contributed by atoms with van der Waals surface area (Å²) in [7, 11) is 1.54. The number of carbonyl (C=O) groups excluding carboxylic acids is 2. The molecule has 0 saturated heterocycles. The van der Waals surface area contributed by atoms with Gasteiger partial charge in [-0.2, -0.15) is 5.10 Å². The minimum absolute atomic E-state index is 0.212. The first-order valence-corrected chi connectivity index (χ1v) is 13.3. The van der Waals surface area contributed by atoms with Crippen molar-refractivity contribution in [1.29, 1.82) is 0 Å². The number of rotatable bonds is 13. The molecule has 0 radical (unpaired) electrons. The molecule has 0 aliphatic rings. The van der Waals surface area contributed by atoms with E-state index in [4.69, 9.17) is 37.4 Å². The molecule has 40 heavy (non-hydrogen) atoms. The number of hydrogen-bond donors (Lipinski definition) is 2. The molecular weight excluding hydrogens is 553 g/mol. The number of ether oxygens (including phenoxy) is 3. The van der Waals surface area contributed by atoms with Crippen LogP contribution in [-0.4, -0.2) is 37.8 Å². The number of nitrogens with one attached hydrogen (secondary N) is 2. The predicted octanol–water partition coefficient (Wildman–Crippen LogP) is 5.98. The topological polar surface area (TPSA) is 98.3 Å². The van der Waals surface area contributed by atoms with Gasteiger partial charge in [-0.05, 0) is 74.4 Å². The van der Waals surface area contributed by atoms with Gasteiger partial charge in [-0.1, -0.05) is 35.3 Å². The molecule has 0 aromatic heterocycles. The van der Waals surface area contributed by atoms with Crippen LogP contribution in [0.15, 0.2) is 72.4 Å². The van der Waals surface area contributed by atoms with Crippen molar-refractivity contribution in [3.63, 3.8) is 0 Å². The van der Waals surface area contributed by atoms with E-state index in [2.05, 4.69) is 22.4 Å². The maximum atomic E-state index is 12.5. The van der Waals surface area contributed by atoms with Crippen molar-refractivity contribution in [2.75, 3.05) is 13.7 Å². The second-order valence-corrected chi connectivity index (χ2v) is 9.46. The van der Waals surface area contributed by atoms with Gasteiger partial charge in [0.2, 0.25) is 0 Å². The lowest BCUT2D eigenvalue weighted by molar-refractivity contribution is -0.122. The van der Waals surface area contributed by atoms with E-state index in [1.165, 1.54) is 6.21 Å². The molecule has 3 aromatic rings. The summed E-state index contributed by atoms with van der Waals surface area (Å²) in [6.07, 6.45) is 3.75. The highest BCUT2D eigenvalue weighted by atomic mass is 35.5. The van der Waals surface area contributed by atoms with E-state index in [0.717, 1.165) is 11.1 Å². The molecule has 10 heteroatoms. The third-order valence-electron chi connectivity index (χ3n) is 5.69. The number of allylic oxidation sites excluding steroid dienone is 1. The summed E-state index contributed by atoms with van der Waals surface area (Å²) in [6.45, 7) is 7.90. The highest BCUT2D eigenvalue weighted by molar-refractivity contribution is 6.35. The molecule has 0 fully saturated rings. The van der Waals surface area contributed by atoms with E-state index < -0.39 is 11.9 Å². The highest BCUT2D eigenvalue weighted by Gasteiger charge is 2.17. The summed E-state index contributed by atoms with van der Waals surface area (Å²) >= 11 is 12.3. The molecule has 0 bridgehead atoms. The fraction of sp³-hybridized carbons (Fsp3) is 0.233. The predicted molar refractivity (Wildman–Crippen MR) is 158 cm³/mol. The summed E-state index contributed by atoms with van der Waals surface area (Å²) in [5.41, 5.74) is 5.13. The molecule has 0 aliphatic heterocycles. The van der Waals surface area contributed by atoms with Gasteiger partial charge in [0, 0.05) is 26.7 Å². The Kier molecular flexibility index (Phi) is 11.4. The van der Waals surface area contributed by atoms with Crippen molar-refractivity contribution in [3.8, 4) is 17.2 Å². The Bertz CT molecular complexity index is 1380. The van der Waals surface area contributed by atoms with Crippen LogP contribution in [0.5, 0.6) is 17.2 Å². The van der Waals surface area contributed by atoms with Crippen molar-refractivity contribution in [3.05, 3.63) is 99.6 Å². The lowest BCUT2D eigenvalue weighted by atomic mass is 10.1. The molecule has 1 unspecified atom stereocenters. The molecule has 0 heterocycles. The van der Waals surface area contributed by atoms with Crippen molar-refractivity contribution in [1.82, 2.24) is 10.7 Å². The number of halogens is 2. The molecule has 3 rings (SSSR count). The van der Waals surface area contributed by atoms with Crippen LogP contribution in [0.1, 0.15) is 40.9 Å². The summed E-state index contributed by atoms with van der Waals surface area (Å²) < 4.78 is 17.1. The second kappa shape index (κ2) is 15.0. The third kappa shape index (κ3) is 8.49. The average molecular weight is 585 g/mol. The number of hydrazone groups is 1. The first-order valence-electron chi connectivity index (χ1n) is 12.5. The van der Waals surface area contributed by atoms with Gasteiger partial charge in [0.25, 0.3) is 11.8 Å². The minimum atomic E-state index is -0.822. The molecule has 0 saturated carbocycles. The first-order chi connectivity index (χ1) is 19.2. The van der Waals surface area contributed by atoms with E-state index in [1.807, 2.05) is 19.1 Å². The fourth-order valence-corrected chi connectivity index (χ4v) is 4.10. The molecule has 2 amide bonds. The number of hydrogen-bond acceptors (Lipinski definition) is 6. The SMILES string of the molecule is C=CCc1cc(C=NNC(=O)C(C)NC(=O)c2ccc(OC)cc2)cc(OCC)c1OCc1ccc(Cl)cc1Cl. The van der Waals surface area contributed by atoms with Gasteiger partial charge in [-0.3, -0.25) is 9.59 Å². The molecule has 0 aliphatic carbocycles. The van der Waals surface area contributed by atoms with Crippen LogP contribution < -0.4 is 25.0 Å². The second-order valence-electron chi connectivity index (χ2n) is 8.62. The Labute approximate surface area is 243 Å². The zero-order chi connectivity index (χ0) is 29.1.